The highest BCUT2D eigenvalue weighted by Crippen LogP contribution is 2.34. The van der Waals surface area contributed by atoms with Crippen LogP contribution in [0.4, 0.5) is 0 Å². The summed E-state index contributed by atoms with van der Waals surface area (Å²) >= 11 is 9.97. The molecule has 0 atom stereocenters. The second-order valence-corrected chi connectivity index (χ2v) is 9.22. The Morgan fingerprint density at radius 2 is 1.93 bits per heavy atom. The van der Waals surface area contributed by atoms with Gasteiger partial charge in [-0.05, 0) is 60.9 Å². The number of carbonyl (C=O) groups excluding carboxylic acids is 1. The standard InChI is InChI=1S/C22H22BrNO3S2/c1-4-15-9-14(2)10-18(11-15)26-7-8-27-19-6-5-17(23)12-16(19)13-20-21(25)24(3)22(28)29-20/h5-6,9-13H,4,7-8H2,1-3H3. The maximum Gasteiger partial charge on any atom is 0.265 e. The van der Waals surface area contributed by atoms with E-state index < -0.39 is 0 Å². The normalized spacial score (nSPS) is 15.3. The van der Waals surface area contributed by atoms with Gasteiger partial charge in [0, 0.05) is 17.1 Å². The molecular formula is C22H22BrNO3S2. The number of rotatable bonds is 7. The number of carbonyl (C=O) groups is 1. The largest absolute Gasteiger partial charge is 0.490 e. The van der Waals surface area contributed by atoms with E-state index in [9.17, 15) is 4.79 Å². The second-order valence-electron chi connectivity index (χ2n) is 6.63. The quantitative estimate of drug-likeness (QED) is 0.286. The molecule has 2 aromatic rings. The lowest BCUT2D eigenvalue weighted by Gasteiger charge is -2.12. The number of benzene rings is 2. The van der Waals surface area contributed by atoms with E-state index in [4.69, 9.17) is 21.7 Å². The van der Waals surface area contributed by atoms with E-state index in [0.29, 0.717) is 28.2 Å². The second kappa shape index (κ2) is 9.78. The van der Waals surface area contributed by atoms with Crippen LogP contribution in [0.25, 0.3) is 6.08 Å². The van der Waals surface area contributed by atoms with E-state index in [1.807, 2.05) is 30.3 Å². The van der Waals surface area contributed by atoms with E-state index in [-0.39, 0.29) is 5.91 Å². The minimum absolute atomic E-state index is 0.0968. The van der Waals surface area contributed by atoms with Crippen LogP contribution in [0.5, 0.6) is 11.5 Å². The highest BCUT2D eigenvalue weighted by Gasteiger charge is 2.29. The molecule has 0 aliphatic carbocycles. The summed E-state index contributed by atoms with van der Waals surface area (Å²) in [6, 6.07) is 12.0. The molecule has 0 saturated carbocycles. The number of nitrogens with zero attached hydrogens (tertiary/aromatic N) is 1. The van der Waals surface area contributed by atoms with Gasteiger partial charge in [-0.1, -0.05) is 52.9 Å². The van der Waals surface area contributed by atoms with Crippen molar-refractivity contribution in [2.45, 2.75) is 20.3 Å². The molecule has 1 aliphatic rings. The van der Waals surface area contributed by atoms with Crippen molar-refractivity contribution in [3.8, 4) is 11.5 Å². The molecule has 1 aliphatic heterocycles. The van der Waals surface area contributed by atoms with Crippen molar-refractivity contribution in [2.75, 3.05) is 20.3 Å². The number of hydrogen-bond donors (Lipinski definition) is 0. The van der Waals surface area contributed by atoms with Gasteiger partial charge in [0.05, 0.1) is 4.91 Å². The van der Waals surface area contributed by atoms with Crippen molar-refractivity contribution >= 4 is 56.2 Å². The summed E-state index contributed by atoms with van der Waals surface area (Å²) in [6.07, 6.45) is 2.79. The molecule has 2 aromatic carbocycles. The Hall–Kier alpha value is -1.83. The first-order valence-corrected chi connectivity index (χ1v) is 11.3. The van der Waals surface area contributed by atoms with Gasteiger partial charge in [0.1, 0.15) is 29.0 Å². The highest BCUT2D eigenvalue weighted by atomic mass is 79.9. The van der Waals surface area contributed by atoms with Crippen LogP contribution in [0.15, 0.2) is 45.8 Å². The van der Waals surface area contributed by atoms with Crippen LogP contribution in [-0.2, 0) is 11.2 Å². The summed E-state index contributed by atoms with van der Waals surface area (Å²) in [7, 11) is 1.68. The first-order chi connectivity index (χ1) is 13.9. The minimum atomic E-state index is -0.0968. The number of likely N-dealkylation sites (N-methyl/N-ethyl adjacent to an activating group) is 1. The Morgan fingerprint density at radius 1 is 1.17 bits per heavy atom. The topological polar surface area (TPSA) is 38.8 Å². The van der Waals surface area contributed by atoms with E-state index in [0.717, 1.165) is 22.2 Å². The van der Waals surface area contributed by atoms with Gasteiger partial charge in [0.15, 0.2) is 0 Å². The van der Waals surface area contributed by atoms with Crippen molar-refractivity contribution in [3.05, 3.63) is 62.5 Å². The molecule has 3 rings (SSSR count). The number of aryl methyl sites for hydroxylation is 2. The predicted molar refractivity (Wildman–Crippen MR) is 127 cm³/mol. The summed E-state index contributed by atoms with van der Waals surface area (Å²) in [6.45, 7) is 5.02. The lowest BCUT2D eigenvalue weighted by atomic mass is 10.1. The van der Waals surface area contributed by atoms with Gasteiger partial charge in [0.2, 0.25) is 0 Å². The number of thiocarbonyl (C=S) groups is 1. The number of thioether (sulfide) groups is 1. The van der Waals surface area contributed by atoms with Gasteiger partial charge in [-0.25, -0.2) is 0 Å². The molecule has 1 amide bonds. The fourth-order valence-corrected chi connectivity index (χ4v) is 4.42. The first-order valence-electron chi connectivity index (χ1n) is 9.24. The molecule has 152 valence electrons. The van der Waals surface area contributed by atoms with E-state index >= 15 is 0 Å². The summed E-state index contributed by atoms with van der Waals surface area (Å²) in [4.78, 5) is 14.4. The van der Waals surface area contributed by atoms with Gasteiger partial charge in [0.25, 0.3) is 5.91 Å². The summed E-state index contributed by atoms with van der Waals surface area (Å²) < 4.78 is 13.3. The molecule has 1 fully saturated rings. The number of amides is 1. The Bertz CT molecular complexity index is 975. The van der Waals surface area contributed by atoms with Crippen molar-refractivity contribution in [1.82, 2.24) is 4.90 Å². The maximum atomic E-state index is 12.3. The molecule has 0 N–H and O–H groups in total. The Balaban J connectivity index is 1.67. The Morgan fingerprint density at radius 3 is 2.62 bits per heavy atom. The molecule has 1 saturated heterocycles. The Labute approximate surface area is 189 Å². The van der Waals surface area contributed by atoms with Gasteiger partial charge in [-0.3, -0.25) is 9.69 Å². The third-order valence-electron chi connectivity index (χ3n) is 4.37. The van der Waals surface area contributed by atoms with Crippen molar-refractivity contribution < 1.29 is 14.3 Å². The summed E-state index contributed by atoms with van der Waals surface area (Å²) in [5.41, 5.74) is 3.25. The number of hydrogen-bond acceptors (Lipinski definition) is 5. The average molecular weight is 492 g/mol. The summed E-state index contributed by atoms with van der Waals surface area (Å²) in [5.74, 6) is 1.45. The lowest BCUT2D eigenvalue weighted by molar-refractivity contribution is -0.121. The van der Waals surface area contributed by atoms with E-state index in [2.05, 4.69) is 41.9 Å². The molecule has 4 nitrogen and oxygen atoms in total. The zero-order chi connectivity index (χ0) is 21.0. The monoisotopic (exact) mass is 491 g/mol. The molecule has 0 spiro atoms. The van der Waals surface area contributed by atoms with Crippen LogP contribution in [0.2, 0.25) is 0 Å². The zero-order valence-electron chi connectivity index (χ0n) is 16.5. The fraction of sp³-hybridized carbons (Fsp3) is 0.273. The van der Waals surface area contributed by atoms with Gasteiger partial charge >= 0.3 is 0 Å². The average Bonchev–Trinajstić information content (AvgIpc) is 2.93. The van der Waals surface area contributed by atoms with Gasteiger partial charge < -0.3 is 9.47 Å². The van der Waals surface area contributed by atoms with Gasteiger partial charge in [-0.15, -0.1) is 0 Å². The Kier molecular flexibility index (Phi) is 7.38. The van der Waals surface area contributed by atoms with Crippen LogP contribution < -0.4 is 9.47 Å². The van der Waals surface area contributed by atoms with Crippen LogP contribution in [0.3, 0.4) is 0 Å². The zero-order valence-corrected chi connectivity index (χ0v) is 19.7. The van der Waals surface area contributed by atoms with Crippen molar-refractivity contribution in [3.63, 3.8) is 0 Å². The predicted octanol–water partition coefficient (Wildman–Crippen LogP) is 5.61. The fourth-order valence-electron chi connectivity index (χ4n) is 2.87. The molecule has 0 radical (unpaired) electrons. The van der Waals surface area contributed by atoms with Crippen LogP contribution >= 0.6 is 39.9 Å². The molecule has 7 heteroatoms. The smallest absolute Gasteiger partial charge is 0.265 e. The third-order valence-corrected chi connectivity index (χ3v) is 6.35. The molecule has 0 unspecified atom stereocenters. The molecule has 0 bridgehead atoms. The van der Waals surface area contributed by atoms with E-state index in [1.165, 1.54) is 27.8 Å². The molecular weight excluding hydrogens is 470 g/mol. The first kappa shape index (κ1) is 21.9. The number of ether oxygens (including phenoxy) is 2. The van der Waals surface area contributed by atoms with Crippen LogP contribution in [0.1, 0.15) is 23.6 Å². The number of halogens is 1. The maximum absolute atomic E-state index is 12.3. The van der Waals surface area contributed by atoms with Crippen molar-refractivity contribution in [1.29, 1.82) is 0 Å². The van der Waals surface area contributed by atoms with Crippen LogP contribution in [0, 0.1) is 6.92 Å². The van der Waals surface area contributed by atoms with Crippen LogP contribution in [-0.4, -0.2) is 35.4 Å². The molecule has 0 aromatic heterocycles. The van der Waals surface area contributed by atoms with E-state index in [1.54, 1.807) is 7.05 Å². The van der Waals surface area contributed by atoms with Crippen molar-refractivity contribution in [2.24, 2.45) is 0 Å². The lowest BCUT2D eigenvalue weighted by Crippen LogP contribution is -2.22. The summed E-state index contributed by atoms with van der Waals surface area (Å²) in [5, 5.41) is 0. The minimum Gasteiger partial charge on any atom is -0.490 e. The highest BCUT2D eigenvalue weighted by molar-refractivity contribution is 9.10. The van der Waals surface area contributed by atoms with Gasteiger partial charge in [-0.2, -0.15) is 0 Å². The third kappa shape index (κ3) is 5.62. The SMILES string of the molecule is CCc1cc(C)cc(OCCOc2ccc(Br)cc2C=C2SC(=S)N(C)C2=O)c1. The molecule has 1 heterocycles. The molecule has 29 heavy (non-hydrogen) atoms.